The first kappa shape index (κ1) is 22.6. The van der Waals surface area contributed by atoms with Crippen LogP contribution in [-0.2, 0) is 21.2 Å². The van der Waals surface area contributed by atoms with Crippen molar-refractivity contribution < 1.29 is 17.7 Å². The molecule has 0 amide bonds. The molecule has 28 heavy (non-hydrogen) atoms. The van der Waals surface area contributed by atoms with Crippen molar-refractivity contribution >= 4 is 16.0 Å². The first-order valence-electron chi connectivity index (χ1n) is 9.71. The molecule has 1 fully saturated rings. The van der Waals surface area contributed by atoms with Gasteiger partial charge in [-0.2, -0.15) is 4.31 Å². The Hall–Kier alpha value is -1.65. The summed E-state index contributed by atoms with van der Waals surface area (Å²) in [5, 5.41) is 7.32. The smallest absolute Gasteiger partial charge is 0.216 e. The molecule has 1 N–H and O–H groups in total. The Bertz CT molecular complexity index is 733. The SMILES string of the molecule is CN=C(NCCc1c(C)noc1C)N1CCN(S(=O)(=O)CCOC(C)C)CC1. The number of aryl methyl sites for hydroxylation is 2. The zero-order valence-corrected chi connectivity index (χ0v) is 18.4. The summed E-state index contributed by atoms with van der Waals surface area (Å²) in [5.41, 5.74) is 2.03. The predicted octanol–water partition coefficient (Wildman–Crippen LogP) is 0.782. The number of piperazine rings is 1. The van der Waals surface area contributed by atoms with Crippen LogP contribution in [0.4, 0.5) is 0 Å². The number of guanidine groups is 1. The van der Waals surface area contributed by atoms with Crippen LogP contribution in [0.5, 0.6) is 0 Å². The van der Waals surface area contributed by atoms with Crippen LogP contribution in [0.15, 0.2) is 9.52 Å². The Morgan fingerprint density at radius 2 is 1.96 bits per heavy atom. The fraction of sp³-hybridized carbons (Fsp3) is 0.778. The van der Waals surface area contributed by atoms with Crippen LogP contribution in [0.2, 0.25) is 0 Å². The average molecular weight is 416 g/mol. The molecule has 0 unspecified atom stereocenters. The molecule has 2 rings (SSSR count). The number of aromatic nitrogens is 1. The second-order valence-electron chi connectivity index (χ2n) is 7.15. The number of rotatable bonds is 8. The van der Waals surface area contributed by atoms with Gasteiger partial charge in [-0.15, -0.1) is 0 Å². The van der Waals surface area contributed by atoms with Gasteiger partial charge in [-0.05, 0) is 34.1 Å². The summed E-state index contributed by atoms with van der Waals surface area (Å²) in [4.78, 5) is 6.42. The highest BCUT2D eigenvalue weighted by atomic mass is 32.2. The minimum atomic E-state index is -3.29. The number of ether oxygens (including phenoxy) is 1. The van der Waals surface area contributed by atoms with E-state index in [1.807, 2.05) is 27.7 Å². The Morgan fingerprint density at radius 1 is 1.29 bits per heavy atom. The standard InChI is InChI=1S/C18H33N5O4S/c1-14(2)26-12-13-28(24,25)23-10-8-22(9-11-23)18(19-5)20-7-6-17-15(3)21-27-16(17)4/h14H,6-13H2,1-5H3,(H,19,20). The van der Waals surface area contributed by atoms with Crippen molar-refractivity contribution in [3.8, 4) is 0 Å². The maximum Gasteiger partial charge on any atom is 0.216 e. The Balaban J connectivity index is 1.80. The fourth-order valence-corrected chi connectivity index (χ4v) is 4.47. The summed E-state index contributed by atoms with van der Waals surface area (Å²) in [5.74, 6) is 1.65. The van der Waals surface area contributed by atoms with Crippen molar-refractivity contribution in [3.05, 3.63) is 17.0 Å². The van der Waals surface area contributed by atoms with Gasteiger partial charge in [-0.25, -0.2) is 8.42 Å². The van der Waals surface area contributed by atoms with Gasteiger partial charge in [-0.1, -0.05) is 5.16 Å². The van der Waals surface area contributed by atoms with E-state index in [-0.39, 0.29) is 18.5 Å². The molecule has 10 heteroatoms. The number of nitrogens with one attached hydrogen (secondary N) is 1. The van der Waals surface area contributed by atoms with Crippen LogP contribution in [0.25, 0.3) is 0 Å². The van der Waals surface area contributed by atoms with E-state index in [4.69, 9.17) is 9.26 Å². The molecular weight excluding hydrogens is 382 g/mol. The van der Waals surface area contributed by atoms with Gasteiger partial charge in [0, 0.05) is 45.3 Å². The lowest BCUT2D eigenvalue weighted by Crippen LogP contribution is -2.54. The lowest BCUT2D eigenvalue weighted by molar-refractivity contribution is 0.0904. The van der Waals surface area contributed by atoms with Gasteiger partial charge < -0.3 is 19.5 Å². The van der Waals surface area contributed by atoms with Crippen LogP contribution < -0.4 is 5.32 Å². The molecule has 0 atom stereocenters. The quantitative estimate of drug-likeness (QED) is 0.495. The van der Waals surface area contributed by atoms with Gasteiger partial charge in [0.1, 0.15) is 5.76 Å². The van der Waals surface area contributed by atoms with E-state index in [1.165, 1.54) is 0 Å². The minimum absolute atomic E-state index is 0.0234. The molecule has 1 aromatic heterocycles. The van der Waals surface area contributed by atoms with Gasteiger partial charge in [0.2, 0.25) is 10.0 Å². The molecule has 0 bridgehead atoms. The third-order valence-corrected chi connectivity index (χ3v) is 6.61. The number of sulfonamides is 1. The van der Waals surface area contributed by atoms with Gasteiger partial charge in [0.25, 0.3) is 0 Å². The molecule has 1 aliphatic heterocycles. The molecule has 1 aliphatic rings. The van der Waals surface area contributed by atoms with Crippen LogP contribution in [0, 0.1) is 13.8 Å². The molecule has 0 spiro atoms. The third-order valence-electron chi connectivity index (χ3n) is 4.78. The molecule has 1 aromatic rings. The minimum Gasteiger partial charge on any atom is -0.378 e. The highest BCUT2D eigenvalue weighted by molar-refractivity contribution is 7.89. The van der Waals surface area contributed by atoms with E-state index >= 15 is 0 Å². The highest BCUT2D eigenvalue weighted by Crippen LogP contribution is 2.12. The largest absolute Gasteiger partial charge is 0.378 e. The molecule has 0 aliphatic carbocycles. The molecule has 0 radical (unpaired) electrons. The van der Waals surface area contributed by atoms with Gasteiger partial charge in [0.05, 0.1) is 24.2 Å². The first-order chi connectivity index (χ1) is 13.2. The molecule has 2 heterocycles. The van der Waals surface area contributed by atoms with E-state index in [0.717, 1.165) is 29.4 Å². The van der Waals surface area contributed by atoms with Crippen molar-refractivity contribution in [2.24, 2.45) is 4.99 Å². The summed E-state index contributed by atoms with van der Waals surface area (Å²) in [6, 6.07) is 0. The third kappa shape index (κ3) is 6.18. The first-order valence-corrected chi connectivity index (χ1v) is 11.3. The Morgan fingerprint density at radius 3 is 2.50 bits per heavy atom. The van der Waals surface area contributed by atoms with Crippen LogP contribution >= 0.6 is 0 Å². The van der Waals surface area contributed by atoms with Crippen molar-refractivity contribution in [2.75, 3.05) is 52.1 Å². The van der Waals surface area contributed by atoms with E-state index in [2.05, 4.69) is 20.4 Å². The summed E-state index contributed by atoms with van der Waals surface area (Å²) < 4.78 is 37.0. The van der Waals surface area contributed by atoms with Crippen LogP contribution in [-0.4, -0.2) is 87.0 Å². The second kappa shape index (κ2) is 10.2. The maximum absolute atomic E-state index is 12.4. The van der Waals surface area contributed by atoms with E-state index in [9.17, 15) is 8.42 Å². The molecule has 0 aromatic carbocycles. The van der Waals surface area contributed by atoms with Crippen molar-refractivity contribution in [1.82, 2.24) is 19.7 Å². The fourth-order valence-electron chi connectivity index (χ4n) is 3.19. The van der Waals surface area contributed by atoms with Crippen molar-refractivity contribution in [3.63, 3.8) is 0 Å². The zero-order valence-electron chi connectivity index (χ0n) is 17.6. The van der Waals surface area contributed by atoms with Crippen LogP contribution in [0.3, 0.4) is 0 Å². The van der Waals surface area contributed by atoms with Gasteiger partial charge >= 0.3 is 0 Å². The second-order valence-corrected chi connectivity index (χ2v) is 9.24. The highest BCUT2D eigenvalue weighted by Gasteiger charge is 2.28. The molecule has 9 nitrogen and oxygen atoms in total. The molecule has 160 valence electrons. The van der Waals surface area contributed by atoms with Crippen molar-refractivity contribution in [2.45, 2.75) is 40.2 Å². The van der Waals surface area contributed by atoms with Gasteiger partial charge in [0.15, 0.2) is 5.96 Å². The zero-order chi connectivity index (χ0) is 20.7. The van der Waals surface area contributed by atoms with Crippen LogP contribution in [0.1, 0.15) is 30.9 Å². The lowest BCUT2D eigenvalue weighted by atomic mass is 10.1. The van der Waals surface area contributed by atoms with Crippen molar-refractivity contribution in [1.29, 1.82) is 0 Å². The van der Waals surface area contributed by atoms with E-state index in [1.54, 1.807) is 11.4 Å². The Labute approximate surface area is 168 Å². The number of aliphatic imine (C=N–C) groups is 1. The average Bonchev–Trinajstić information content (AvgIpc) is 2.97. The number of nitrogens with zero attached hydrogens (tertiary/aromatic N) is 4. The number of hydrogen-bond acceptors (Lipinski definition) is 6. The Kier molecular flexibility index (Phi) is 8.26. The molecule has 1 saturated heterocycles. The number of hydrogen-bond donors (Lipinski definition) is 1. The summed E-state index contributed by atoms with van der Waals surface area (Å²) >= 11 is 0. The molecule has 0 saturated carbocycles. The normalized spacial score (nSPS) is 16.8. The van der Waals surface area contributed by atoms with E-state index in [0.29, 0.717) is 32.7 Å². The summed E-state index contributed by atoms with van der Waals surface area (Å²) in [7, 11) is -1.55. The predicted molar refractivity (Wildman–Crippen MR) is 109 cm³/mol. The topological polar surface area (TPSA) is 100 Å². The van der Waals surface area contributed by atoms with Gasteiger partial charge in [-0.3, -0.25) is 4.99 Å². The maximum atomic E-state index is 12.4. The lowest BCUT2D eigenvalue weighted by Gasteiger charge is -2.35. The van der Waals surface area contributed by atoms with E-state index < -0.39 is 10.0 Å². The monoisotopic (exact) mass is 415 g/mol. The summed E-state index contributed by atoms with van der Waals surface area (Å²) in [6.45, 7) is 10.7. The molecular formula is C18H33N5O4S. The summed E-state index contributed by atoms with van der Waals surface area (Å²) in [6.07, 6.45) is 0.830.